The van der Waals surface area contributed by atoms with E-state index in [0.717, 1.165) is 20.8 Å². The highest BCUT2D eigenvalue weighted by atomic mass is 32.1. The molecule has 0 fully saturated rings. The number of nitrogens with zero attached hydrogens (tertiary/aromatic N) is 2. The lowest BCUT2D eigenvalue weighted by molar-refractivity contribution is 0.101. The molecule has 0 unspecified atom stereocenters. The molecule has 0 bridgehead atoms. The molecule has 4 aromatic rings. The van der Waals surface area contributed by atoms with Crippen LogP contribution in [0.4, 0.5) is 10.1 Å². The van der Waals surface area contributed by atoms with Crippen molar-refractivity contribution < 1.29 is 13.9 Å². The van der Waals surface area contributed by atoms with Gasteiger partial charge in [-0.3, -0.25) is 4.79 Å². The third-order valence-electron chi connectivity index (χ3n) is 3.99. The summed E-state index contributed by atoms with van der Waals surface area (Å²) in [5, 5.41) is 3.50. The lowest BCUT2D eigenvalue weighted by Crippen LogP contribution is -2.16. The number of thiazole rings is 1. The number of anilines is 1. The van der Waals surface area contributed by atoms with Gasteiger partial charge >= 0.3 is 0 Å². The van der Waals surface area contributed by atoms with Crippen LogP contribution in [-0.2, 0) is 0 Å². The van der Waals surface area contributed by atoms with Crippen molar-refractivity contribution in [2.45, 2.75) is 0 Å². The lowest BCUT2D eigenvalue weighted by atomic mass is 10.1. The van der Waals surface area contributed by atoms with Gasteiger partial charge in [0.15, 0.2) is 17.3 Å². The van der Waals surface area contributed by atoms with Gasteiger partial charge in [-0.25, -0.2) is 14.4 Å². The van der Waals surface area contributed by atoms with Gasteiger partial charge in [0.25, 0.3) is 5.91 Å². The van der Waals surface area contributed by atoms with Crippen molar-refractivity contribution in [3.63, 3.8) is 0 Å². The Morgan fingerprint density at radius 3 is 2.70 bits per heavy atom. The molecule has 2 aromatic carbocycles. The fourth-order valence-electron chi connectivity index (χ4n) is 2.69. The fourth-order valence-corrected chi connectivity index (χ4v) is 3.69. The predicted molar refractivity (Wildman–Crippen MR) is 104 cm³/mol. The van der Waals surface area contributed by atoms with Crippen LogP contribution in [-0.4, -0.2) is 23.0 Å². The van der Waals surface area contributed by atoms with E-state index in [-0.39, 0.29) is 11.4 Å². The number of carbonyl (C=O) groups is 1. The van der Waals surface area contributed by atoms with E-state index in [9.17, 15) is 9.18 Å². The second kappa shape index (κ2) is 7.13. The van der Waals surface area contributed by atoms with Crippen molar-refractivity contribution in [3.8, 4) is 16.3 Å². The third-order valence-corrected chi connectivity index (χ3v) is 5.06. The first kappa shape index (κ1) is 17.1. The van der Waals surface area contributed by atoms with Crippen LogP contribution < -0.4 is 10.1 Å². The number of benzene rings is 2. The average Bonchev–Trinajstić information content (AvgIpc) is 3.12. The summed E-state index contributed by atoms with van der Waals surface area (Å²) in [6.07, 6.45) is 1.33. The Balaban J connectivity index is 1.70. The maximum atomic E-state index is 14.3. The van der Waals surface area contributed by atoms with Crippen LogP contribution in [0.2, 0.25) is 0 Å². The molecule has 0 aliphatic carbocycles. The fraction of sp³-hybridized carbons (Fsp3) is 0.0500. The number of hydrogen-bond donors (Lipinski definition) is 1. The Hall–Kier alpha value is -3.32. The van der Waals surface area contributed by atoms with E-state index in [4.69, 9.17) is 4.74 Å². The molecule has 5 nitrogen and oxygen atoms in total. The molecular formula is C20H14FN3O2S. The molecule has 0 aliphatic heterocycles. The van der Waals surface area contributed by atoms with E-state index in [1.807, 2.05) is 36.4 Å². The van der Waals surface area contributed by atoms with Crippen LogP contribution in [0.3, 0.4) is 0 Å². The maximum Gasteiger partial charge on any atom is 0.277 e. The van der Waals surface area contributed by atoms with E-state index in [1.165, 1.54) is 30.7 Å². The largest absolute Gasteiger partial charge is 0.494 e. The minimum absolute atomic E-state index is 0.0328. The van der Waals surface area contributed by atoms with Crippen molar-refractivity contribution in [2.24, 2.45) is 0 Å². The lowest BCUT2D eigenvalue weighted by Gasteiger charge is -2.10. The van der Waals surface area contributed by atoms with Crippen LogP contribution in [0.1, 0.15) is 10.5 Å². The van der Waals surface area contributed by atoms with E-state index < -0.39 is 11.7 Å². The summed E-state index contributed by atoms with van der Waals surface area (Å²) in [6, 6.07) is 16.4. The summed E-state index contributed by atoms with van der Waals surface area (Å²) in [5.41, 5.74) is 1.86. The molecule has 7 heteroatoms. The maximum absolute atomic E-state index is 14.3. The Labute approximate surface area is 158 Å². The molecular weight excluding hydrogens is 365 g/mol. The third kappa shape index (κ3) is 3.24. The molecule has 2 aromatic heterocycles. The SMILES string of the molecule is COc1ccnc(C(=O)Nc2ccccc2-c2nc3ccccc3s2)c1F. The zero-order valence-electron chi connectivity index (χ0n) is 14.3. The molecule has 4 rings (SSSR count). The zero-order valence-corrected chi connectivity index (χ0v) is 15.1. The number of amides is 1. The number of hydrogen-bond acceptors (Lipinski definition) is 5. The monoisotopic (exact) mass is 379 g/mol. The van der Waals surface area contributed by atoms with Crippen molar-refractivity contribution in [1.82, 2.24) is 9.97 Å². The molecule has 134 valence electrons. The molecule has 27 heavy (non-hydrogen) atoms. The van der Waals surface area contributed by atoms with Crippen LogP contribution in [0.25, 0.3) is 20.8 Å². The topological polar surface area (TPSA) is 64.1 Å². The molecule has 0 radical (unpaired) electrons. The van der Waals surface area contributed by atoms with Gasteiger partial charge in [-0.2, -0.15) is 0 Å². The Bertz CT molecular complexity index is 1110. The Morgan fingerprint density at radius 1 is 1.11 bits per heavy atom. The van der Waals surface area contributed by atoms with Gasteiger partial charge in [-0.15, -0.1) is 11.3 Å². The van der Waals surface area contributed by atoms with Gasteiger partial charge in [-0.1, -0.05) is 24.3 Å². The van der Waals surface area contributed by atoms with Crippen molar-refractivity contribution >= 4 is 33.1 Å². The Morgan fingerprint density at radius 2 is 1.89 bits per heavy atom. The van der Waals surface area contributed by atoms with Gasteiger partial charge in [0.05, 0.1) is 23.0 Å². The number of carbonyl (C=O) groups excluding carboxylic acids is 1. The number of fused-ring (bicyclic) bond motifs is 1. The molecule has 0 spiro atoms. The van der Waals surface area contributed by atoms with Crippen LogP contribution >= 0.6 is 11.3 Å². The quantitative estimate of drug-likeness (QED) is 0.555. The number of pyridine rings is 1. The smallest absolute Gasteiger partial charge is 0.277 e. The van der Waals surface area contributed by atoms with Crippen molar-refractivity contribution in [2.75, 3.05) is 12.4 Å². The van der Waals surface area contributed by atoms with Gasteiger partial charge in [0.2, 0.25) is 0 Å². The van der Waals surface area contributed by atoms with E-state index in [0.29, 0.717) is 5.69 Å². The number of nitrogens with one attached hydrogen (secondary N) is 1. The molecule has 1 N–H and O–H groups in total. The van der Waals surface area contributed by atoms with E-state index in [2.05, 4.69) is 15.3 Å². The highest BCUT2D eigenvalue weighted by Crippen LogP contribution is 2.34. The normalized spacial score (nSPS) is 10.7. The second-order valence-corrected chi connectivity index (χ2v) is 6.69. The zero-order chi connectivity index (χ0) is 18.8. The first-order chi connectivity index (χ1) is 13.2. The van der Waals surface area contributed by atoms with Crippen LogP contribution in [0.5, 0.6) is 5.75 Å². The van der Waals surface area contributed by atoms with Gasteiger partial charge in [-0.05, 0) is 24.3 Å². The molecule has 1 amide bonds. The van der Waals surface area contributed by atoms with Crippen LogP contribution in [0, 0.1) is 5.82 Å². The van der Waals surface area contributed by atoms with Crippen molar-refractivity contribution in [1.29, 1.82) is 0 Å². The predicted octanol–water partition coefficient (Wildman–Crippen LogP) is 4.76. The van der Waals surface area contributed by atoms with Crippen LogP contribution in [0.15, 0.2) is 60.8 Å². The summed E-state index contributed by atoms with van der Waals surface area (Å²) in [4.78, 5) is 21.0. The van der Waals surface area contributed by atoms with Gasteiger partial charge in [0.1, 0.15) is 5.01 Å². The molecule has 0 saturated carbocycles. The highest BCUT2D eigenvalue weighted by molar-refractivity contribution is 7.21. The first-order valence-corrected chi connectivity index (χ1v) is 8.94. The standard InChI is InChI=1S/C20H14FN3O2S/c1-26-15-10-11-22-18(17(15)21)19(25)23-13-7-3-2-6-12(13)20-24-14-8-4-5-9-16(14)27-20/h2-11H,1H3,(H,23,25). The summed E-state index contributed by atoms with van der Waals surface area (Å²) in [6.45, 7) is 0. The summed E-state index contributed by atoms with van der Waals surface area (Å²) >= 11 is 1.52. The number of para-hydroxylation sites is 2. The van der Waals surface area contributed by atoms with Gasteiger partial charge in [0, 0.05) is 17.8 Å². The second-order valence-electron chi connectivity index (χ2n) is 5.66. The molecule has 0 atom stereocenters. The summed E-state index contributed by atoms with van der Waals surface area (Å²) in [5.74, 6) is -1.48. The minimum Gasteiger partial charge on any atom is -0.494 e. The average molecular weight is 379 g/mol. The first-order valence-electron chi connectivity index (χ1n) is 8.12. The summed E-state index contributed by atoms with van der Waals surface area (Å²) in [7, 11) is 1.34. The number of ether oxygens (including phenoxy) is 1. The number of methoxy groups -OCH3 is 1. The molecule has 2 heterocycles. The minimum atomic E-state index is -0.796. The van der Waals surface area contributed by atoms with E-state index in [1.54, 1.807) is 12.1 Å². The summed E-state index contributed by atoms with van der Waals surface area (Å²) < 4.78 is 20.3. The Kier molecular flexibility index (Phi) is 4.52. The molecule has 0 aliphatic rings. The van der Waals surface area contributed by atoms with Gasteiger partial charge < -0.3 is 10.1 Å². The number of aromatic nitrogens is 2. The number of rotatable bonds is 4. The van der Waals surface area contributed by atoms with E-state index >= 15 is 0 Å². The highest BCUT2D eigenvalue weighted by Gasteiger charge is 2.19. The number of halogens is 1. The molecule has 0 saturated heterocycles. The van der Waals surface area contributed by atoms with Crippen molar-refractivity contribution in [3.05, 3.63) is 72.3 Å².